The Hall–Kier alpha value is -0.610. The van der Waals surface area contributed by atoms with Crippen molar-refractivity contribution in [2.45, 2.75) is 65.5 Å². The lowest BCUT2D eigenvalue weighted by Gasteiger charge is -2.18. The van der Waals surface area contributed by atoms with Crippen LogP contribution in [0.2, 0.25) is 0 Å². The molecule has 1 aromatic rings. The summed E-state index contributed by atoms with van der Waals surface area (Å²) in [4.78, 5) is 8.76. The highest BCUT2D eigenvalue weighted by molar-refractivity contribution is 7.15. The van der Waals surface area contributed by atoms with Crippen LogP contribution in [-0.4, -0.2) is 24.1 Å². The standard InChI is InChI=1S/C15H27N3S/c1-4-7-13-14(11-16-12-8-9-12)19-15(17-13)18(6-3)10-5-2/h12,16H,4-11H2,1-3H3. The van der Waals surface area contributed by atoms with Crippen molar-refractivity contribution in [1.82, 2.24) is 10.3 Å². The fourth-order valence-electron chi connectivity index (χ4n) is 2.26. The Morgan fingerprint density at radius 2 is 2.05 bits per heavy atom. The minimum atomic E-state index is 0.776. The SMILES string of the molecule is CCCc1nc(N(CC)CCC)sc1CNC1CC1. The lowest BCUT2D eigenvalue weighted by atomic mass is 10.2. The lowest BCUT2D eigenvalue weighted by Crippen LogP contribution is -2.23. The van der Waals surface area contributed by atoms with Gasteiger partial charge in [0, 0.05) is 30.6 Å². The minimum Gasteiger partial charge on any atom is -0.348 e. The molecule has 0 bridgehead atoms. The monoisotopic (exact) mass is 281 g/mol. The zero-order valence-electron chi connectivity index (χ0n) is 12.5. The highest BCUT2D eigenvalue weighted by Crippen LogP contribution is 2.28. The molecule has 0 spiro atoms. The maximum absolute atomic E-state index is 4.89. The number of thiazole rings is 1. The Balaban J connectivity index is 2.07. The molecule has 1 fully saturated rings. The minimum absolute atomic E-state index is 0.776. The first-order chi connectivity index (χ1) is 9.28. The Morgan fingerprint density at radius 1 is 1.26 bits per heavy atom. The van der Waals surface area contributed by atoms with Gasteiger partial charge in [0.1, 0.15) is 0 Å². The Bertz CT molecular complexity index is 385. The topological polar surface area (TPSA) is 28.2 Å². The number of anilines is 1. The molecule has 0 aliphatic heterocycles. The van der Waals surface area contributed by atoms with Gasteiger partial charge in [-0.2, -0.15) is 0 Å². The van der Waals surface area contributed by atoms with Crippen molar-refractivity contribution in [3.63, 3.8) is 0 Å². The summed E-state index contributed by atoms with van der Waals surface area (Å²) in [6.07, 6.45) is 6.19. The van der Waals surface area contributed by atoms with Gasteiger partial charge in [-0.25, -0.2) is 4.98 Å². The predicted octanol–water partition coefficient (Wildman–Crippen LogP) is 3.58. The second-order valence-electron chi connectivity index (χ2n) is 5.35. The van der Waals surface area contributed by atoms with E-state index in [1.165, 1.54) is 41.4 Å². The first-order valence-electron chi connectivity index (χ1n) is 7.75. The Morgan fingerprint density at radius 3 is 2.63 bits per heavy atom. The number of nitrogens with one attached hydrogen (secondary N) is 1. The van der Waals surface area contributed by atoms with Crippen LogP contribution in [0.1, 0.15) is 57.0 Å². The van der Waals surface area contributed by atoms with Crippen molar-refractivity contribution in [3.8, 4) is 0 Å². The molecule has 0 atom stereocenters. The fraction of sp³-hybridized carbons (Fsp3) is 0.800. The van der Waals surface area contributed by atoms with Crippen LogP contribution in [0.3, 0.4) is 0 Å². The van der Waals surface area contributed by atoms with E-state index in [-0.39, 0.29) is 0 Å². The molecular formula is C15H27N3S. The molecule has 3 nitrogen and oxygen atoms in total. The molecule has 0 unspecified atom stereocenters. The van der Waals surface area contributed by atoms with Crippen LogP contribution in [0.5, 0.6) is 0 Å². The average Bonchev–Trinajstić information content (AvgIpc) is 3.16. The molecule has 1 saturated carbocycles. The van der Waals surface area contributed by atoms with Crippen molar-refractivity contribution in [2.24, 2.45) is 0 Å². The van der Waals surface area contributed by atoms with Crippen molar-refractivity contribution < 1.29 is 0 Å². The summed E-state index contributed by atoms with van der Waals surface area (Å²) < 4.78 is 0. The third-order valence-corrected chi connectivity index (χ3v) is 4.69. The molecule has 1 N–H and O–H groups in total. The zero-order valence-corrected chi connectivity index (χ0v) is 13.4. The summed E-state index contributed by atoms with van der Waals surface area (Å²) in [5.41, 5.74) is 1.32. The summed E-state index contributed by atoms with van der Waals surface area (Å²) in [5, 5.41) is 4.85. The molecule has 108 valence electrons. The van der Waals surface area contributed by atoms with Gasteiger partial charge < -0.3 is 10.2 Å². The first-order valence-corrected chi connectivity index (χ1v) is 8.57. The summed E-state index contributed by atoms with van der Waals surface area (Å²) in [7, 11) is 0. The highest BCUT2D eigenvalue weighted by atomic mass is 32.1. The maximum atomic E-state index is 4.89. The number of aromatic nitrogens is 1. The quantitative estimate of drug-likeness (QED) is 0.750. The van der Waals surface area contributed by atoms with Gasteiger partial charge in [-0.05, 0) is 32.6 Å². The highest BCUT2D eigenvalue weighted by Gasteiger charge is 2.22. The van der Waals surface area contributed by atoms with E-state index in [0.717, 1.165) is 32.1 Å². The van der Waals surface area contributed by atoms with E-state index in [0.29, 0.717) is 0 Å². The van der Waals surface area contributed by atoms with Gasteiger partial charge in [0.15, 0.2) is 5.13 Å². The van der Waals surface area contributed by atoms with Gasteiger partial charge in [-0.3, -0.25) is 0 Å². The second-order valence-corrected chi connectivity index (χ2v) is 6.41. The average molecular weight is 281 g/mol. The third kappa shape index (κ3) is 4.18. The van der Waals surface area contributed by atoms with Gasteiger partial charge in [0.25, 0.3) is 0 Å². The van der Waals surface area contributed by atoms with Crippen LogP contribution >= 0.6 is 11.3 Å². The van der Waals surface area contributed by atoms with E-state index in [2.05, 4.69) is 31.0 Å². The van der Waals surface area contributed by atoms with Crippen molar-refractivity contribution in [2.75, 3.05) is 18.0 Å². The molecule has 1 aliphatic carbocycles. The maximum Gasteiger partial charge on any atom is 0.185 e. The number of nitrogens with zero attached hydrogens (tertiary/aromatic N) is 2. The number of hydrogen-bond donors (Lipinski definition) is 1. The van der Waals surface area contributed by atoms with Gasteiger partial charge in [0.2, 0.25) is 0 Å². The Kier molecular flexibility index (Phi) is 5.64. The van der Waals surface area contributed by atoms with Gasteiger partial charge >= 0.3 is 0 Å². The number of aryl methyl sites for hydroxylation is 1. The smallest absolute Gasteiger partial charge is 0.185 e. The molecule has 0 amide bonds. The molecule has 1 aromatic heterocycles. The fourth-order valence-corrected chi connectivity index (χ4v) is 3.41. The van der Waals surface area contributed by atoms with E-state index < -0.39 is 0 Å². The van der Waals surface area contributed by atoms with E-state index in [1.54, 1.807) is 0 Å². The summed E-state index contributed by atoms with van der Waals surface area (Å²) in [6.45, 7) is 9.88. The van der Waals surface area contributed by atoms with Gasteiger partial charge in [-0.1, -0.05) is 20.3 Å². The summed E-state index contributed by atoms with van der Waals surface area (Å²) in [6, 6.07) is 0.776. The van der Waals surface area contributed by atoms with Crippen LogP contribution in [0, 0.1) is 0 Å². The first kappa shape index (κ1) is 14.8. The van der Waals surface area contributed by atoms with Crippen molar-refractivity contribution >= 4 is 16.5 Å². The summed E-state index contributed by atoms with van der Waals surface area (Å²) in [5.74, 6) is 0. The van der Waals surface area contributed by atoms with Crippen LogP contribution in [0.4, 0.5) is 5.13 Å². The largest absolute Gasteiger partial charge is 0.348 e. The summed E-state index contributed by atoms with van der Waals surface area (Å²) >= 11 is 1.89. The molecule has 0 radical (unpaired) electrons. The predicted molar refractivity (Wildman–Crippen MR) is 84.1 cm³/mol. The van der Waals surface area contributed by atoms with Crippen LogP contribution < -0.4 is 10.2 Å². The molecule has 1 heterocycles. The molecule has 2 rings (SSSR count). The van der Waals surface area contributed by atoms with E-state index in [4.69, 9.17) is 4.98 Å². The molecular weight excluding hydrogens is 254 g/mol. The van der Waals surface area contributed by atoms with Crippen LogP contribution in [0.25, 0.3) is 0 Å². The molecule has 19 heavy (non-hydrogen) atoms. The van der Waals surface area contributed by atoms with Crippen LogP contribution in [0.15, 0.2) is 0 Å². The van der Waals surface area contributed by atoms with Gasteiger partial charge in [-0.15, -0.1) is 11.3 Å². The van der Waals surface area contributed by atoms with Crippen LogP contribution in [-0.2, 0) is 13.0 Å². The van der Waals surface area contributed by atoms with E-state index in [9.17, 15) is 0 Å². The second kappa shape index (κ2) is 7.25. The van der Waals surface area contributed by atoms with Crippen molar-refractivity contribution in [3.05, 3.63) is 10.6 Å². The molecule has 0 saturated heterocycles. The van der Waals surface area contributed by atoms with E-state index >= 15 is 0 Å². The Labute approximate surface area is 121 Å². The number of rotatable bonds is 9. The van der Waals surface area contributed by atoms with Gasteiger partial charge in [0.05, 0.1) is 5.69 Å². The molecule has 4 heteroatoms. The van der Waals surface area contributed by atoms with E-state index in [1.807, 2.05) is 11.3 Å². The molecule has 1 aliphatic rings. The normalized spacial score (nSPS) is 14.9. The number of hydrogen-bond acceptors (Lipinski definition) is 4. The lowest BCUT2D eigenvalue weighted by molar-refractivity contribution is 0.686. The van der Waals surface area contributed by atoms with Crippen molar-refractivity contribution in [1.29, 1.82) is 0 Å². The zero-order chi connectivity index (χ0) is 13.7. The molecule has 0 aromatic carbocycles. The third-order valence-electron chi connectivity index (χ3n) is 3.53.